The predicted octanol–water partition coefficient (Wildman–Crippen LogP) is 5.30. The number of anilines is 1. The number of hydrogen-bond donors (Lipinski definition) is 0. The van der Waals surface area contributed by atoms with Crippen LogP contribution in [-0.2, 0) is 14.3 Å². The molecule has 1 heterocycles. The second-order valence-corrected chi connectivity index (χ2v) is 9.40. The third-order valence-corrected chi connectivity index (χ3v) is 6.39. The Balaban J connectivity index is 1.91. The molecule has 0 aliphatic carbocycles. The first-order valence-corrected chi connectivity index (χ1v) is 11.7. The smallest absolute Gasteiger partial charge is 0.343 e. The molecular weight excluding hydrogens is 573 g/mol. The zero-order valence-electron chi connectivity index (χ0n) is 16.5. The summed E-state index contributed by atoms with van der Waals surface area (Å²) in [6.45, 7) is 2.02. The molecular formula is C21H17ClINO5S2. The number of amides is 1. The highest BCUT2D eigenvalue weighted by Crippen LogP contribution is 2.39. The maximum absolute atomic E-state index is 13.0. The average molecular weight is 590 g/mol. The fourth-order valence-electron chi connectivity index (χ4n) is 2.72. The largest absolute Gasteiger partial charge is 0.490 e. The van der Waals surface area contributed by atoms with E-state index >= 15 is 0 Å². The van der Waals surface area contributed by atoms with Gasteiger partial charge in [0.2, 0.25) is 0 Å². The van der Waals surface area contributed by atoms with Crippen molar-refractivity contribution in [2.24, 2.45) is 0 Å². The quantitative estimate of drug-likeness (QED) is 0.188. The topological polar surface area (TPSA) is 65.1 Å². The second kappa shape index (κ2) is 10.7. The Morgan fingerprint density at radius 1 is 1.29 bits per heavy atom. The number of hydrogen-bond acceptors (Lipinski definition) is 7. The minimum Gasteiger partial charge on any atom is -0.490 e. The van der Waals surface area contributed by atoms with E-state index in [4.69, 9.17) is 33.3 Å². The van der Waals surface area contributed by atoms with Gasteiger partial charge in [-0.15, -0.1) is 0 Å². The van der Waals surface area contributed by atoms with Gasteiger partial charge in [-0.05, 0) is 71.5 Å². The molecule has 0 unspecified atom stereocenters. The van der Waals surface area contributed by atoms with E-state index in [1.165, 1.54) is 23.8 Å². The van der Waals surface area contributed by atoms with Gasteiger partial charge in [0.15, 0.2) is 22.4 Å². The lowest BCUT2D eigenvalue weighted by Gasteiger charge is -2.15. The molecule has 1 fully saturated rings. The first kappa shape index (κ1) is 23.8. The van der Waals surface area contributed by atoms with Crippen molar-refractivity contribution in [3.05, 3.63) is 55.5 Å². The number of rotatable bonds is 7. The zero-order valence-corrected chi connectivity index (χ0v) is 21.1. The van der Waals surface area contributed by atoms with Gasteiger partial charge in [0.05, 0.1) is 27.9 Å². The maximum Gasteiger partial charge on any atom is 0.343 e. The number of carbonyl (C=O) groups is 2. The minimum atomic E-state index is -0.494. The molecule has 10 heteroatoms. The van der Waals surface area contributed by atoms with E-state index in [9.17, 15) is 9.59 Å². The number of benzene rings is 2. The molecule has 0 spiro atoms. The molecule has 31 heavy (non-hydrogen) atoms. The highest BCUT2D eigenvalue weighted by Gasteiger charge is 2.33. The Bertz CT molecular complexity index is 1080. The molecule has 1 amide bonds. The van der Waals surface area contributed by atoms with Crippen molar-refractivity contribution in [2.75, 3.05) is 25.2 Å². The van der Waals surface area contributed by atoms with Crippen molar-refractivity contribution in [3.63, 3.8) is 0 Å². The van der Waals surface area contributed by atoms with Crippen molar-refractivity contribution >= 4 is 86.1 Å². The lowest BCUT2D eigenvalue weighted by Crippen LogP contribution is -2.27. The van der Waals surface area contributed by atoms with Gasteiger partial charge < -0.3 is 14.2 Å². The fraction of sp³-hybridized carbons (Fsp3) is 0.190. The van der Waals surface area contributed by atoms with E-state index in [1.807, 2.05) is 13.0 Å². The number of esters is 1. The van der Waals surface area contributed by atoms with Crippen LogP contribution in [0.4, 0.5) is 5.69 Å². The first-order chi connectivity index (χ1) is 14.8. The number of halogens is 2. The summed E-state index contributed by atoms with van der Waals surface area (Å²) in [7, 11) is 1.29. The molecule has 2 aromatic rings. The van der Waals surface area contributed by atoms with Crippen LogP contribution in [0.15, 0.2) is 41.3 Å². The monoisotopic (exact) mass is 589 g/mol. The van der Waals surface area contributed by atoms with Crippen LogP contribution < -0.4 is 14.4 Å². The first-order valence-electron chi connectivity index (χ1n) is 9.03. The van der Waals surface area contributed by atoms with Crippen molar-refractivity contribution in [3.8, 4) is 11.5 Å². The molecule has 1 saturated heterocycles. The summed E-state index contributed by atoms with van der Waals surface area (Å²) in [6, 6.07) is 10.6. The van der Waals surface area contributed by atoms with E-state index in [-0.39, 0.29) is 12.5 Å². The Morgan fingerprint density at radius 2 is 2.06 bits per heavy atom. The summed E-state index contributed by atoms with van der Waals surface area (Å²) in [6.07, 6.45) is 1.75. The number of nitrogens with zero attached hydrogens (tertiary/aromatic N) is 1. The van der Waals surface area contributed by atoms with Gasteiger partial charge in [-0.3, -0.25) is 9.69 Å². The minimum absolute atomic E-state index is 0.226. The molecule has 0 atom stereocenters. The van der Waals surface area contributed by atoms with Crippen LogP contribution in [0, 0.1) is 3.57 Å². The van der Waals surface area contributed by atoms with Crippen LogP contribution in [0.3, 0.4) is 0 Å². The van der Waals surface area contributed by atoms with Gasteiger partial charge in [0.1, 0.15) is 0 Å². The van der Waals surface area contributed by atoms with E-state index in [0.29, 0.717) is 38.0 Å². The summed E-state index contributed by atoms with van der Waals surface area (Å²) in [5, 5.41) is 0.522. The van der Waals surface area contributed by atoms with Crippen LogP contribution in [0.2, 0.25) is 5.02 Å². The number of ether oxygens (including phenoxy) is 3. The summed E-state index contributed by atoms with van der Waals surface area (Å²) < 4.78 is 17.0. The third-order valence-electron chi connectivity index (χ3n) is 4.05. The van der Waals surface area contributed by atoms with Crippen LogP contribution in [0.5, 0.6) is 11.5 Å². The molecule has 1 aliphatic rings. The normalized spacial score (nSPS) is 14.8. The Kier molecular flexibility index (Phi) is 8.20. The summed E-state index contributed by atoms with van der Waals surface area (Å²) in [5.74, 6) is 0.189. The molecule has 0 N–H and O–H groups in total. The third kappa shape index (κ3) is 5.71. The summed E-state index contributed by atoms with van der Waals surface area (Å²) in [5.41, 5.74) is 1.36. The molecule has 162 valence electrons. The number of carbonyl (C=O) groups excluding carboxylic acids is 2. The number of methoxy groups -OCH3 is 1. The second-order valence-electron chi connectivity index (χ2n) is 6.12. The Hall–Kier alpha value is -1.82. The molecule has 0 radical (unpaired) electrons. The van der Waals surface area contributed by atoms with E-state index in [2.05, 4.69) is 27.3 Å². The van der Waals surface area contributed by atoms with E-state index in [0.717, 1.165) is 9.13 Å². The van der Waals surface area contributed by atoms with Gasteiger partial charge in [-0.25, -0.2) is 4.79 Å². The van der Waals surface area contributed by atoms with Crippen LogP contribution >= 0.6 is 58.2 Å². The van der Waals surface area contributed by atoms with Crippen LogP contribution in [-0.4, -0.2) is 36.5 Å². The van der Waals surface area contributed by atoms with Crippen LogP contribution in [0.1, 0.15) is 12.5 Å². The van der Waals surface area contributed by atoms with Gasteiger partial charge in [-0.2, -0.15) is 0 Å². The number of thioether (sulfide) groups is 1. The van der Waals surface area contributed by atoms with Crippen molar-refractivity contribution in [1.82, 2.24) is 0 Å². The zero-order chi connectivity index (χ0) is 22.5. The highest BCUT2D eigenvalue weighted by molar-refractivity contribution is 14.1. The molecule has 6 nitrogen and oxygen atoms in total. The van der Waals surface area contributed by atoms with E-state index < -0.39 is 5.97 Å². The molecule has 1 aliphatic heterocycles. The average Bonchev–Trinajstić information content (AvgIpc) is 3.00. The standard InChI is InChI=1S/C21H17ClINO5S2/c1-3-28-16-8-12(7-15(23)19(16)29-11-18(25)27-2)9-17-20(26)24(21(30)31-17)14-6-4-5-13(22)10-14/h4-10H,3,11H2,1-2H3/b17-9-. The van der Waals surface area contributed by atoms with Gasteiger partial charge in [0, 0.05) is 5.02 Å². The Labute approximate surface area is 208 Å². The van der Waals surface area contributed by atoms with Crippen molar-refractivity contribution in [1.29, 1.82) is 0 Å². The summed E-state index contributed by atoms with van der Waals surface area (Å²) in [4.78, 5) is 26.4. The van der Waals surface area contributed by atoms with Gasteiger partial charge >= 0.3 is 5.97 Å². The van der Waals surface area contributed by atoms with Gasteiger partial charge in [0.25, 0.3) is 5.91 Å². The lowest BCUT2D eigenvalue weighted by atomic mass is 10.1. The lowest BCUT2D eigenvalue weighted by molar-refractivity contribution is -0.142. The van der Waals surface area contributed by atoms with Crippen molar-refractivity contribution < 1.29 is 23.8 Å². The fourth-order valence-corrected chi connectivity index (χ4v) is 4.99. The van der Waals surface area contributed by atoms with Crippen molar-refractivity contribution in [2.45, 2.75) is 6.92 Å². The summed E-state index contributed by atoms with van der Waals surface area (Å²) >= 11 is 14.8. The molecule has 0 saturated carbocycles. The molecule has 2 aromatic carbocycles. The molecule has 0 aromatic heterocycles. The van der Waals surface area contributed by atoms with Gasteiger partial charge in [-0.1, -0.05) is 41.6 Å². The Morgan fingerprint density at radius 3 is 2.74 bits per heavy atom. The highest BCUT2D eigenvalue weighted by atomic mass is 127. The maximum atomic E-state index is 13.0. The molecule has 0 bridgehead atoms. The van der Waals surface area contributed by atoms with Crippen LogP contribution in [0.25, 0.3) is 6.08 Å². The number of thiocarbonyl (C=S) groups is 1. The predicted molar refractivity (Wildman–Crippen MR) is 135 cm³/mol. The van der Waals surface area contributed by atoms with E-state index in [1.54, 1.807) is 36.4 Å². The molecule has 3 rings (SSSR count). The SMILES string of the molecule is CCOc1cc(/C=C2\SC(=S)N(c3cccc(Cl)c3)C2=O)cc(I)c1OCC(=O)OC.